The third-order valence-electron chi connectivity index (χ3n) is 2.56. The molecule has 1 aliphatic heterocycles. The summed E-state index contributed by atoms with van der Waals surface area (Å²) in [5.41, 5.74) is 0.586. The number of hydrogen-bond acceptors (Lipinski definition) is 6. The van der Waals surface area contributed by atoms with E-state index in [1.807, 2.05) is 5.01 Å². The van der Waals surface area contributed by atoms with Crippen LogP contribution in [-0.2, 0) is 13.2 Å². The summed E-state index contributed by atoms with van der Waals surface area (Å²) in [6, 6.07) is 1.79. The maximum Gasteiger partial charge on any atom is 0.151 e. The fourth-order valence-electron chi connectivity index (χ4n) is 1.65. The van der Waals surface area contributed by atoms with E-state index >= 15 is 0 Å². The molecule has 2 rings (SSSR count). The minimum absolute atomic E-state index is 0.0694. The van der Waals surface area contributed by atoms with Gasteiger partial charge in [-0.3, -0.25) is 10.7 Å². The monoisotopic (exact) mass is 212 g/mol. The molecular weight excluding hydrogens is 196 g/mol. The van der Waals surface area contributed by atoms with Gasteiger partial charge < -0.3 is 9.63 Å². The zero-order valence-corrected chi connectivity index (χ0v) is 8.59. The van der Waals surface area contributed by atoms with Crippen LogP contribution in [0.4, 0.5) is 0 Å². The molecular formula is C9H16N4O2. The van der Waals surface area contributed by atoms with Gasteiger partial charge in [0.05, 0.1) is 13.2 Å². The Bertz CT molecular complexity index is 307. The fraction of sp³-hybridized carbons (Fsp3) is 0.667. The molecule has 0 aliphatic carbocycles. The molecule has 6 heteroatoms. The fourth-order valence-corrected chi connectivity index (χ4v) is 1.65. The maximum absolute atomic E-state index is 8.83. The second-order valence-electron chi connectivity index (χ2n) is 3.75. The minimum Gasteiger partial charge on any atom is -0.390 e. The van der Waals surface area contributed by atoms with Crippen molar-refractivity contribution in [3.8, 4) is 0 Å². The zero-order valence-electron chi connectivity index (χ0n) is 8.59. The van der Waals surface area contributed by atoms with Crippen LogP contribution in [0.15, 0.2) is 10.6 Å². The molecule has 1 aliphatic rings. The summed E-state index contributed by atoms with van der Waals surface area (Å²) >= 11 is 0. The predicted octanol–water partition coefficient (Wildman–Crippen LogP) is -0.842. The van der Waals surface area contributed by atoms with Gasteiger partial charge in [-0.2, -0.15) is 0 Å². The van der Waals surface area contributed by atoms with Crippen LogP contribution < -0.4 is 5.84 Å². The van der Waals surface area contributed by atoms with Crippen LogP contribution in [0.1, 0.15) is 11.5 Å². The Morgan fingerprint density at radius 1 is 1.40 bits per heavy atom. The van der Waals surface area contributed by atoms with Crippen LogP contribution in [0, 0.1) is 0 Å². The molecule has 0 aromatic carbocycles. The third kappa shape index (κ3) is 2.75. The molecule has 0 radical (unpaired) electrons. The van der Waals surface area contributed by atoms with E-state index in [2.05, 4.69) is 10.1 Å². The van der Waals surface area contributed by atoms with Gasteiger partial charge in [0.2, 0.25) is 0 Å². The van der Waals surface area contributed by atoms with Crippen molar-refractivity contribution in [1.29, 1.82) is 0 Å². The van der Waals surface area contributed by atoms with Crippen molar-refractivity contribution in [1.82, 2.24) is 15.1 Å². The van der Waals surface area contributed by atoms with E-state index < -0.39 is 0 Å². The predicted molar refractivity (Wildman–Crippen MR) is 53.5 cm³/mol. The van der Waals surface area contributed by atoms with Crippen molar-refractivity contribution in [2.45, 2.75) is 13.2 Å². The Morgan fingerprint density at radius 2 is 2.13 bits per heavy atom. The lowest BCUT2D eigenvalue weighted by molar-refractivity contribution is 0.119. The maximum atomic E-state index is 8.83. The number of piperazine rings is 1. The number of aliphatic hydroxyl groups excluding tert-OH is 1. The third-order valence-corrected chi connectivity index (χ3v) is 2.56. The van der Waals surface area contributed by atoms with Gasteiger partial charge in [0.1, 0.15) is 5.69 Å². The van der Waals surface area contributed by atoms with E-state index in [1.54, 1.807) is 6.07 Å². The summed E-state index contributed by atoms with van der Waals surface area (Å²) < 4.78 is 5.09. The molecule has 84 valence electrons. The van der Waals surface area contributed by atoms with Gasteiger partial charge in [-0.15, -0.1) is 0 Å². The molecule has 1 saturated heterocycles. The molecule has 0 atom stereocenters. The van der Waals surface area contributed by atoms with Crippen LogP contribution in [0.25, 0.3) is 0 Å². The van der Waals surface area contributed by atoms with Gasteiger partial charge in [-0.25, -0.2) is 5.01 Å². The molecule has 1 aromatic heterocycles. The number of nitrogens with two attached hydrogens (primary N) is 1. The number of nitrogens with zero attached hydrogens (tertiary/aromatic N) is 3. The van der Waals surface area contributed by atoms with E-state index in [1.165, 1.54) is 0 Å². The summed E-state index contributed by atoms with van der Waals surface area (Å²) in [5.74, 6) is 6.45. The summed E-state index contributed by atoms with van der Waals surface area (Å²) in [5, 5.41) is 14.4. The molecule has 1 aromatic rings. The Hall–Kier alpha value is -0.950. The van der Waals surface area contributed by atoms with E-state index in [-0.39, 0.29) is 6.61 Å². The largest absolute Gasteiger partial charge is 0.390 e. The first-order chi connectivity index (χ1) is 7.28. The van der Waals surface area contributed by atoms with Crippen molar-refractivity contribution in [3.05, 3.63) is 17.5 Å². The highest BCUT2D eigenvalue weighted by atomic mass is 16.5. The summed E-state index contributed by atoms with van der Waals surface area (Å²) in [4.78, 5) is 2.25. The summed E-state index contributed by atoms with van der Waals surface area (Å²) in [6.45, 7) is 4.29. The number of rotatable bonds is 3. The van der Waals surface area contributed by atoms with E-state index in [9.17, 15) is 0 Å². The second kappa shape index (κ2) is 4.71. The lowest BCUT2D eigenvalue weighted by Crippen LogP contribution is -2.48. The average molecular weight is 212 g/mol. The lowest BCUT2D eigenvalue weighted by Gasteiger charge is -2.30. The van der Waals surface area contributed by atoms with Crippen LogP contribution in [0.5, 0.6) is 0 Å². The average Bonchev–Trinajstić information content (AvgIpc) is 2.69. The Labute approximate surface area is 88.2 Å². The van der Waals surface area contributed by atoms with E-state index in [4.69, 9.17) is 15.5 Å². The Kier molecular flexibility index (Phi) is 3.32. The number of aromatic nitrogens is 1. The smallest absolute Gasteiger partial charge is 0.151 e. The molecule has 0 spiro atoms. The SMILES string of the molecule is NN1CCN(Cc2cc(CO)no2)CC1. The van der Waals surface area contributed by atoms with Crippen molar-refractivity contribution in [2.75, 3.05) is 26.2 Å². The van der Waals surface area contributed by atoms with Crippen molar-refractivity contribution in [2.24, 2.45) is 5.84 Å². The van der Waals surface area contributed by atoms with Crippen molar-refractivity contribution in [3.63, 3.8) is 0 Å². The molecule has 2 heterocycles. The molecule has 6 nitrogen and oxygen atoms in total. The number of aliphatic hydroxyl groups is 1. The molecule has 0 amide bonds. The van der Waals surface area contributed by atoms with Gasteiger partial charge in [-0.05, 0) is 0 Å². The van der Waals surface area contributed by atoms with Gasteiger partial charge >= 0.3 is 0 Å². The lowest BCUT2D eigenvalue weighted by atomic mass is 10.3. The molecule has 3 N–H and O–H groups in total. The molecule has 0 saturated carbocycles. The quantitative estimate of drug-likeness (QED) is 0.636. The van der Waals surface area contributed by atoms with E-state index in [0.29, 0.717) is 5.69 Å². The van der Waals surface area contributed by atoms with Gasteiger partial charge in [0.25, 0.3) is 0 Å². The second-order valence-corrected chi connectivity index (χ2v) is 3.75. The minimum atomic E-state index is -0.0694. The van der Waals surface area contributed by atoms with Gasteiger partial charge in [0, 0.05) is 32.2 Å². The summed E-state index contributed by atoms with van der Waals surface area (Å²) in [7, 11) is 0. The first-order valence-corrected chi connectivity index (χ1v) is 5.05. The van der Waals surface area contributed by atoms with E-state index in [0.717, 1.165) is 38.5 Å². The normalized spacial score (nSPS) is 19.6. The van der Waals surface area contributed by atoms with Crippen molar-refractivity contribution >= 4 is 0 Å². The van der Waals surface area contributed by atoms with Crippen LogP contribution in [-0.4, -0.2) is 46.4 Å². The standard InChI is InChI=1S/C9H16N4O2/c10-13-3-1-12(2-4-13)6-9-5-8(7-14)11-15-9/h5,14H,1-4,6-7,10H2. The Morgan fingerprint density at radius 3 is 2.73 bits per heavy atom. The Balaban J connectivity index is 1.86. The highest BCUT2D eigenvalue weighted by Crippen LogP contribution is 2.08. The zero-order chi connectivity index (χ0) is 10.7. The summed E-state index contributed by atoms with van der Waals surface area (Å²) in [6.07, 6.45) is 0. The first kappa shape index (κ1) is 10.6. The highest BCUT2D eigenvalue weighted by molar-refractivity contribution is 5.04. The van der Waals surface area contributed by atoms with Gasteiger partial charge in [0.15, 0.2) is 5.76 Å². The topological polar surface area (TPSA) is 78.8 Å². The first-order valence-electron chi connectivity index (χ1n) is 5.05. The van der Waals surface area contributed by atoms with Crippen molar-refractivity contribution < 1.29 is 9.63 Å². The van der Waals surface area contributed by atoms with Gasteiger partial charge in [-0.1, -0.05) is 5.16 Å². The molecule has 15 heavy (non-hydrogen) atoms. The molecule has 0 bridgehead atoms. The molecule has 0 unspecified atom stereocenters. The number of hydrazine groups is 1. The highest BCUT2D eigenvalue weighted by Gasteiger charge is 2.16. The molecule has 1 fully saturated rings. The van der Waals surface area contributed by atoms with Crippen LogP contribution >= 0.6 is 0 Å². The number of hydrogen-bond donors (Lipinski definition) is 2. The van der Waals surface area contributed by atoms with Crippen LogP contribution in [0.2, 0.25) is 0 Å². The van der Waals surface area contributed by atoms with Crippen LogP contribution in [0.3, 0.4) is 0 Å².